The minimum atomic E-state index is -0.296. The zero-order valence-corrected chi connectivity index (χ0v) is 19.4. The number of hydroxylamine groups is 1. The second-order valence-corrected chi connectivity index (χ2v) is 8.94. The molecule has 2 aromatic carbocycles. The van der Waals surface area contributed by atoms with Crippen LogP contribution in [0.1, 0.15) is 36.8 Å². The van der Waals surface area contributed by atoms with E-state index >= 15 is 0 Å². The SMILES string of the molecule is O=C(NC1CCN(C(=O)OCc2ccccc2)CC1)C1CCC(NOCc2ccccc2)CN1. The van der Waals surface area contributed by atoms with Crippen molar-refractivity contribution in [3.05, 3.63) is 71.8 Å². The Morgan fingerprint density at radius 1 is 0.853 bits per heavy atom. The topological polar surface area (TPSA) is 91.9 Å². The van der Waals surface area contributed by atoms with Gasteiger partial charge in [0, 0.05) is 31.7 Å². The largest absolute Gasteiger partial charge is 0.445 e. The van der Waals surface area contributed by atoms with Crippen molar-refractivity contribution in [1.82, 2.24) is 21.0 Å². The molecule has 0 radical (unpaired) electrons. The van der Waals surface area contributed by atoms with Crippen LogP contribution in [0.5, 0.6) is 0 Å². The average molecular weight is 467 g/mol. The first kappa shape index (κ1) is 24.2. The maximum Gasteiger partial charge on any atom is 0.410 e. The molecule has 2 heterocycles. The number of likely N-dealkylation sites (tertiary alicyclic amines) is 1. The molecule has 0 saturated carbocycles. The first-order chi connectivity index (χ1) is 16.7. The molecule has 4 rings (SSSR count). The van der Waals surface area contributed by atoms with Gasteiger partial charge in [0.2, 0.25) is 5.91 Å². The number of hydrogen-bond acceptors (Lipinski definition) is 6. The minimum Gasteiger partial charge on any atom is -0.445 e. The molecule has 182 valence electrons. The summed E-state index contributed by atoms with van der Waals surface area (Å²) in [6, 6.07) is 19.7. The molecular weight excluding hydrogens is 432 g/mol. The van der Waals surface area contributed by atoms with Crippen LogP contribution < -0.4 is 16.1 Å². The van der Waals surface area contributed by atoms with Gasteiger partial charge in [0.1, 0.15) is 6.61 Å². The predicted molar refractivity (Wildman–Crippen MR) is 129 cm³/mol. The van der Waals surface area contributed by atoms with Crippen LogP contribution in [0.25, 0.3) is 0 Å². The molecule has 2 aromatic rings. The maximum atomic E-state index is 12.7. The molecule has 0 aromatic heterocycles. The van der Waals surface area contributed by atoms with E-state index in [1.807, 2.05) is 60.7 Å². The smallest absolute Gasteiger partial charge is 0.410 e. The molecule has 0 aliphatic carbocycles. The molecular formula is C26H34N4O4. The lowest BCUT2D eigenvalue weighted by Gasteiger charge is -2.34. The number of carbonyl (C=O) groups excluding carboxylic acids is 2. The summed E-state index contributed by atoms with van der Waals surface area (Å²) < 4.78 is 5.42. The lowest BCUT2D eigenvalue weighted by atomic mass is 9.99. The van der Waals surface area contributed by atoms with Gasteiger partial charge in [-0.3, -0.25) is 9.63 Å². The van der Waals surface area contributed by atoms with Gasteiger partial charge in [-0.2, -0.15) is 5.48 Å². The number of ether oxygens (including phenoxy) is 1. The lowest BCUT2D eigenvalue weighted by Crippen LogP contribution is -2.56. The Morgan fingerprint density at radius 2 is 1.50 bits per heavy atom. The van der Waals surface area contributed by atoms with Crippen LogP contribution in [0.4, 0.5) is 4.79 Å². The van der Waals surface area contributed by atoms with Crippen molar-refractivity contribution in [2.75, 3.05) is 19.6 Å². The average Bonchev–Trinajstić information content (AvgIpc) is 2.89. The molecule has 2 saturated heterocycles. The van der Waals surface area contributed by atoms with E-state index in [0.29, 0.717) is 26.2 Å². The highest BCUT2D eigenvalue weighted by molar-refractivity contribution is 5.82. The van der Waals surface area contributed by atoms with Crippen LogP contribution >= 0.6 is 0 Å². The third-order valence-electron chi connectivity index (χ3n) is 6.37. The molecule has 2 unspecified atom stereocenters. The Balaban J connectivity index is 1.09. The standard InChI is InChI=1S/C26H34N4O4/c31-25(24-12-11-23(17-27-24)29-34-19-21-9-5-2-6-10-21)28-22-13-15-30(16-14-22)26(32)33-18-20-7-3-1-4-8-20/h1-10,22-24,27,29H,11-19H2,(H,28,31). The molecule has 8 heteroatoms. The third kappa shape index (κ3) is 7.28. The Bertz CT molecular complexity index is 896. The molecule has 34 heavy (non-hydrogen) atoms. The molecule has 2 aliphatic heterocycles. The highest BCUT2D eigenvalue weighted by Gasteiger charge is 2.29. The van der Waals surface area contributed by atoms with Gasteiger partial charge in [-0.15, -0.1) is 0 Å². The molecule has 2 amide bonds. The van der Waals surface area contributed by atoms with Crippen LogP contribution in [0.3, 0.4) is 0 Å². The van der Waals surface area contributed by atoms with Gasteiger partial charge in [-0.25, -0.2) is 4.79 Å². The van der Waals surface area contributed by atoms with Crippen molar-refractivity contribution < 1.29 is 19.2 Å². The first-order valence-electron chi connectivity index (χ1n) is 12.1. The van der Waals surface area contributed by atoms with E-state index < -0.39 is 0 Å². The number of nitrogens with one attached hydrogen (secondary N) is 3. The van der Waals surface area contributed by atoms with Gasteiger partial charge < -0.3 is 20.3 Å². The van der Waals surface area contributed by atoms with E-state index in [-0.39, 0.29) is 36.7 Å². The third-order valence-corrected chi connectivity index (χ3v) is 6.37. The maximum absolute atomic E-state index is 12.7. The van der Waals surface area contributed by atoms with E-state index in [4.69, 9.17) is 9.57 Å². The number of hydrogen-bond donors (Lipinski definition) is 3. The fourth-order valence-electron chi connectivity index (χ4n) is 4.32. The fourth-order valence-corrected chi connectivity index (χ4v) is 4.32. The molecule has 2 aliphatic rings. The zero-order chi connectivity index (χ0) is 23.6. The normalized spacial score (nSPS) is 21.1. The number of benzene rings is 2. The number of amides is 2. The molecule has 0 bridgehead atoms. The highest BCUT2D eigenvalue weighted by atomic mass is 16.6. The summed E-state index contributed by atoms with van der Waals surface area (Å²) in [5.74, 6) is 0.0359. The second-order valence-electron chi connectivity index (χ2n) is 8.94. The summed E-state index contributed by atoms with van der Waals surface area (Å²) in [5, 5.41) is 6.48. The Morgan fingerprint density at radius 3 is 2.12 bits per heavy atom. The summed E-state index contributed by atoms with van der Waals surface area (Å²) in [4.78, 5) is 32.4. The van der Waals surface area contributed by atoms with Crippen LogP contribution in [-0.2, 0) is 27.6 Å². The van der Waals surface area contributed by atoms with Gasteiger partial charge in [0.25, 0.3) is 0 Å². The van der Waals surface area contributed by atoms with Crippen LogP contribution in [0.2, 0.25) is 0 Å². The van der Waals surface area contributed by atoms with Crippen LogP contribution in [-0.4, -0.2) is 54.7 Å². The van der Waals surface area contributed by atoms with Crippen molar-refractivity contribution >= 4 is 12.0 Å². The van der Waals surface area contributed by atoms with Crippen molar-refractivity contribution in [3.8, 4) is 0 Å². The number of carbonyl (C=O) groups is 2. The monoisotopic (exact) mass is 466 g/mol. The summed E-state index contributed by atoms with van der Waals surface area (Å²) in [5.41, 5.74) is 5.19. The van der Waals surface area contributed by atoms with Gasteiger partial charge in [0.15, 0.2) is 0 Å². The van der Waals surface area contributed by atoms with Gasteiger partial charge in [-0.1, -0.05) is 60.7 Å². The Labute approximate surface area is 200 Å². The number of nitrogens with zero attached hydrogens (tertiary/aromatic N) is 1. The van der Waals surface area contributed by atoms with Gasteiger partial charge in [0.05, 0.1) is 12.6 Å². The van der Waals surface area contributed by atoms with Gasteiger partial charge in [-0.05, 0) is 36.8 Å². The quantitative estimate of drug-likeness (QED) is 0.518. The highest BCUT2D eigenvalue weighted by Crippen LogP contribution is 2.15. The Hall–Kier alpha value is -2.94. The van der Waals surface area contributed by atoms with E-state index in [9.17, 15) is 9.59 Å². The predicted octanol–water partition coefficient (Wildman–Crippen LogP) is 2.75. The van der Waals surface area contributed by atoms with Crippen LogP contribution in [0.15, 0.2) is 60.7 Å². The number of piperidine rings is 2. The molecule has 8 nitrogen and oxygen atoms in total. The van der Waals surface area contributed by atoms with E-state index in [2.05, 4.69) is 16.1 Å². The number of rotatable bonds is 8. The van der Waals surface area contributed by atoms with Crippen molar-refractivity contribution in [2.24, 2.45) is 0 Å². The van der Waals surface area contributed by atoms with Crippen molar-refractivity contribution in [3.63, 3.8) is 0 Å². The Kier molecular flexibility index (Phi) is 8.90. The second kappa shape index (κ2) is 12.5. The summed E-state index contributed by atoms with van der Waals surface area (Å²) in [6.07, 6.45) is 2.79. The minimum absolute atomic E-state index is 0.0359. The fraction of sp³-hybridized carbons (Fsp3) is 0.462. The summed E-state index contributed by atoms with van der Waals surface area (Å²) in [6.45, 7) is 2.64. The molecule has 3 N–H and O–H groups in total. The first-order valence-corrected chi connectivity index (χ1v) is 12.1. The molecule has 2 fully saturated rings. The van der Waals surface area contributed by atoms with E-state index in [1.54, 1.807) is 4.90 Å². The van der Waals surface area contributed by atoms with Crippen molar-refractivity contribution in [1.29, 1.82) is 0 Å². The summed E-state index contributed by atoms with van der Waals surface area (Å²) >= 11 is 0. The molecule has 2 atom stereocenters. The summed E-state index contributed by atoms with van der Waals surface area (Å²) in [7, 11) is 0. The van der Waals surface area contributed by atoms with Crippen molar-refractivity contribution in [2.45, 2.75) is 57.0 Å². The van der Waals surface area contributed by atoms with E-state index in [0.717, 1.165) is 36.8 Å². The molecule has 0 spiro atoms. The van der Waals surface area contributed by atoms with E-state index in [1.165, 1.54) is 0 Å². The zero-order valence-electron chi connectivity index (χ0n) is 19.4. The lowest BCUT2D eigenvalue weighted by molar-refractivity contribution is -0.125. The van der Waals surface area contributed by atoms with Gasteiger partial charge >= 0.3 is 6.09 Å². The van der Waals surface area contributed by atoms with Crippen LogP contribution in [0, 0.1) is 0 Å².